The average Bonchev–Trinajstić information content (AvgIpc) is 3.24. The van der Waals surface area contributed by atoms with E-state index in [1.807, 2.05) is 12.1 Å². The van der Waals surface area contributed by atoms with Gasteiger partial charge in [0.05, 0.1) is 19.3 Å². The van der Waals surface area contributed by atoms with Gasteiger partial charge >= 0.3 is 0 Å². The van der Waals surface area contributed by atoms with Gasteiger partial charge in [-0.3, -0.25) is 4.90 Å². The van der Waals surface area contributed by atoms with Gasteiger partial charge in [-0.1, -0.05) is 23.7 Å². The lowest BCUT2D eigenvalue weighted by atomic mass is 10.0. The van der Waals surface area contributed by atoms with E-state index >= 15 is 0 Å². The lowest BCUT2D eigenvalue weighted by Crippen LogP contribution is -2.41. The lowest BCUT2D eigenvalue weighted by Gasteiger charge is -2.35. The molecule has 0 spiro atoms. The molecule has 6 nitrogen and oxygen atoms in total. The second kappa shape index (κ2) is 8.87. The number of hydrogen-bond acceptors (Lipinski definition) is 6. The zero-order valence-corrected chi connectivity index (χ0v) is 16.2. The molecule has 144 valence electrons. The summed E-state index contributed by atoms with van der Waals surface area (Å²) in [4.78, 5) is 13.6. The van der Waals surface area contributed by atoms with E-state index in [-0.39, 0.29) is 6.04 Å². The first-order chi connectivity index (χ1) is 13.3. The summed E-state index contributed by atoms with van der Waals surface area (Å²) in [6.45, 7) is 6.29. The number of rotatable bonds is 6. The Kier molecular flexibility index (Phi) is 6.07. The highest BCUT2D eigenvalue weighted by atomic mass is 35.5. The Morgan fingerprint density at radius 3 is 2.67 bits per heavy atom. The molecule has 3 heterocycles. The maximum atomic E-state index is 6.25. The van der Waals surface area contributed by atoms with Crippen molar-refractivity contribution >= 4 is 23.2 Å². The van der Waals surface area contributed by atoms with E-state index in [0.29, 0.717) is 0 Å². The van der Waals surface area contributed by atoms with Crippen LogP contribution < -0.4 is 10.2 Å². The molecule has 27 heavy (non-hydrogen) atoms. The molecule has 2 aromatic rings. The van der Waals surface area contributed by atoms with Gasteiger partial charge in [0.15, 0.2) is 0 Å². The predicted molar refractivity (Wildman–Crippen MR) is 109 cm³/mol. The average molecular weight is 388 g/mol. The van der Waals surface area contributed by atoms with E-state index in [1.54, 1.807) is 6.33 Å². The third kappa shape index (κ3) is 4.69. The molecule has 1 aromatic carbocycles. The molecule has 0 amide bonds. The Morgan fingerprint density at radius 1 is 1.07 bits per heavy atom. The van der Waals surface area contributed by atoms with Gasteiger partial charge < -0.3 is 15.0 Å². The first-order valence-corrected chi connectivity index (χ1v) is 10.1. The number of nitrogens with zero attached hydrogens (tertiary/aromatic N) is 4. The Balaban J connectivity index is 1.49. The van der Waals surface area contributed by atoms with Crippen LogP contribution in [-0.4, -0.2) is 60.8 Å². The second-order valence-corrected chi connectivity index (χ2v) is 7.49. The van der Waals surface area contributed by atoms with Crippen molar-refractivity contribution in [3.63, 3.8) is 0 Å². The van der Waals surface area contributed by atoms with Gasteiger partial charge in [-0.2, -0.15) is 0 Å². The van der Waals surface area contributed by atoms with E-state index in [2.05, 4.69) is 43.3 Å². The fourth-order valence-electron chi connectivity index (χ4n) is 3.82. The molecule has 1 atom stereocenters. The second-order valence-electron chi connectivity index (χ2n) is 7.06. The van der Waals surface area contributed by atoms with Crippen LogP contribution in [0.25, 0.3) is 0 Å². The van der Waals surface area contributed by atoms with Crippen LogP contribution in [0, 0.1) is 0 Å². The maximum absolute atomic E-state index is 6.25. The van der Waals surface area contributed by atoms with Gasteiger partial charge in [0.1, 0.15) is 18.0 Å². The third-order valence-electron chi connectivity index (χ3n) is 5.28. The largest absolute Gasteiger partial charge is 0.379 e. The molecule has 7 heteroatoms. The summed E-state index contributed by atoms with van der Waals surface area (Å²) >= 11 is 6.25. The molecule has 2 saturated heterocycles. The van der Waals surface area contributed by atoms with Gasteiger partial charge in [0.25, 0.3) is 0 Å². The summed E-state index contributed by atoms with van der Waals surface area (Å²) in [6, 6.07) is 10.4. The van der Waals surface area contributed by atoms with Gasteiger partial charge in [-0.05, 0) is 30.5 Å². The van der Waals surface area contributed by atoms with Crippen molar-refractivity contribution in [1.29, 1.82) is 0 Å². The number of nitrogens with one attached hydrogen (secondary N) is 1. The van der Waals surface area contributed by atoms with Gasteiger partial charge in [0, 0.05) is 43.8 Å². The van der Waals surface area contributed by atoms with Crippen molar-refractivity contribution in [1.82, 2.24) is 14.9 Å². The molecule has 1 N–H and O–H groups in total. The molecule has 0 bridgehead atoms. The van der Waals surface area contributed by atoms with Crippen molar-refractivity contribution in [2.75, 3.05) is 56.2 Å². The van der Waals surface area contributed by atoms with Gasteiger partial charge in [-0.15, -0.1) is 0 Å². The predicted octanol–water partition coefficient (Wildman–Crippen LogP) is 3.22. The van der Waals surface area contributed by atoms with Gasteiger partial charge in [0.2, 0.25) is 0 Å². The minimum Gasteiger partial charge on any atom is -0.379 e. The summed E-state index contributed by atoms with van der Waals surface area (Å²) < 4.78 is 5.53. The Labute approximate surface area is 165 Å². The number of morpholine rings is 1. The van der Waals surface area contributed by atoms with Gasteiger partial charge in [-0.25, -0.2) is 9.97 Å². The lowest BCUT2D eigenvalue weighted by molar-refractivity contribution is 0.0187. The van der Waals surface area contributed by atoms with E-state index < -0.39 is 0 Å². The molecule has 1 unspecified atom stereocenters. The Hall–Kier alpha value is -1.89. The molecule has 2 aliphatic rings. The van der Waals surface area contributed by atoms with E-state index in [9.17, 15) is 0 Å². The van der Waals surface area contributed by atoms with E-state index in [0.717, 1.165) is 62.6 Å². The molecule has 1 aromatic heterocycles. The summed E-state index contributed by atoms with van der Waals surface area (Å²) in [5, 5.41) is 4.29. The number of halogens is 1. The molecule has 0 saturated carbocycles. The van der Waals surface area contributed by atoms with Crippen molar-refractivity contribution in [2.24, 2.45) is 0 Å². The van der Waals surface area contributed by atoms with E-state index in [4.69, 9.17) is 16.3 Å². The van der Waals surface area contributed by atoms with Crippen LogP contribution in [-0.2, 0) is 4.74 Å². The maximum Gasteiger partial charge on any atom is 0.134 e. The number of anilines is 2. The van der Waals surface area contributed by atoms with Crippen LogP contribution in [0.2, 0.25) is 5.02 Å². The Bertz CT molecular complexity index is 747. The van der Waals surface area contributed by atoms with Crippen LogP contribution in [0.3, 0.4) is 0 Å². The van der Waals surface area contributed by atoms with Crippen LogP contribution in [0.5, 0.6) is 0 Å². The van der Waals surface area contributed by atoms with Crippen molar-refractivity contribution < 1.29 is 4.74 Å². The minimum absolute atomic E-state index is 0.220. The minimum atomic E-state index is 0.220. The molecule has 2 aliphatic heterocycles. The molecular weight excluding hydrogens is 362 g/mol. The zero-order valence-electron chi connectivity index (χ0n) is 15.5. The van der Waals surface area contributed by atoms with Crippen LogP contribution in [0.15, 0.2) is 36.7 Å². The van der Waals surface area contributed by atoms with Crippen LogP contribution in [0.1, 0.15) is 24.4 Å². The number of ether oxygens (including phenoxy) is 1. The first-order valence-electron chi connectivity index (χ1n) is 9.68. The fraction of sp³-hybridized carbons (Fsp3) is 0.500. The summed E-state index contributed by atoms with van der Waals surface area (Å²) in [6.07, 6.45) is 4.13. The fourth-order valence-corrected chi connectivity index (χ4v) is 4.02. The van der Waals surface area contributed by atoms with E-state index in [1.165, 1.54) is 18.4 Å². The van der Waals surface area contributed by atoms with Crippen LogP contribution in [0.4, 0.5) is 11.6 Å². The topological polar surface area (TPSA) is 53.5 Å². The number of aromatic nitrogens is 2. The number of hydrogen-bond donors (Lipinski definition) is 1. The third-order valence-corrected chi connectivity index (χ3v) is 5.51. The van der Waals surface area contributed by atoms with Crippen molar-refractivity contribution in [3.05, 3.63) is 47.2 Å². The van der Waals surface area contributed by atoms with Crippen LogP contribution >= 0.6 is 11.6 Å². The monoisotopic (exact) mass is 387 g/mol. The molecule has 0 radical (unpaired) electrons. The summed E-state index contributed by atoms with van der Waals surface area (Å²) in [5.74, 6) is 1.88. The standard InChI is InChI=1S/C20H26ClN5O/c21-17-5-3-4-16(12-17)18(25-8-10-27-11-9-25)14-22-19-13-20(24-15-23-19)26-6-1-2-7-26/h3-5,12-13,15,18H,1-2,6-11,14H2,(H,22,23,24). The quantitative estimate of drug-likeness (QED) is 0.821. The molecule has 4 rings (SSSR count). The highest BCUT2D eigenvalue weighted by Crippen LogP contribution is 2.26. The first kappa shape index (κ1) is 18.5. The zero-order chi connectivity index (χ0) is 18.5. The van der Waals surface area contributed by atoms with Crippen molar-refractivity contribution in [2.45, 2.75) is 18.9 Å². The molecular formula is C20H26ClN5O. The summed E-state index contributed by atoms with van der Waals surface area (Å²) in [7, 11) is 0. The smallest absolute Gasteiger partial charge is 0.134 e. The normalized spacial score (nSPS) is 19.2. The number of benzene rings is 1. The highest BCUT2D eigenvalue weighted by molar-refractivity contribution is 6.30. The summed E-state index contributed by atoms with van der Waals surface area (Å²) in [5.41, 5.74) is 1.21. The molecule has 0 aliphatic carbocycles. The highest BCUT2D eigenvalue weighted by Gasteiger charge is 2.23. The Morgan fingerprint density at radius 2 is 1.89 bits per heavy atom. The van der Waals surface area contributed by atoms with Crippen molar-refractivity contribution in [3.8, 4) is 0 Å². The SMILES string of the molecule is Clc1cccc(C(CNc2cc(N3CCCC3)ncn2)N2CCOCC2)c1. The molecule has 2 fully saturated rings.